The van der Waals surface area contributed by atoms with Crippen LogP contribution in [-0.4, -0.2) is 72.5 Å². The summed E-state index contributed by atoms with van der Waals surface area (Å²) >= 11 is 0. The normalized spacial score (nSPS) is 31.2. The van der Waals surface area contributed by atoms with Crippen molar-refractivity contribution in [1.29, 1.82) is 0 Å². The molecular weight excluding hydrogens is 300 g/mol. The molecule has 0 aromatic carbocycles. The first-order valence-electron chi connectivity index (χ1n) is 10.1. The van der Waals surface area contributed by atoms with Gasteiger partial charge in [0.2, 0.25) is 0 Å². The Morgan fingerprint density at radius 2 is 1.58 bits per heavy atom. The summed E-state index contributed by atoms with van der Waals surface area (Å²) in [5.41, 5.74) is -0.0202. The predicted octanol–water partition coefficient (Wildman–Crippen LogP) is 3.15. The van der Waals surface area contributed by atoms with Crippen molar-refractivity contribution < 1.29 is 9.47 Å². The Hall–Kier alpha value is -0.160. The van der Waals surface area contributed by atoms with E-state index < -0.39 is 0 Å². The summed E-state index contributed by atoms with van der Waals surface area (Å²) in [5, 5.41) is 0. The van der Waals surface area contributed by atoms with Gasteiger partial charge in [-0.3, -0.25) is 0 Å². The Labute approximate surface area is 148 Å². The average molecular weight is 339 g/mol. The van der Waals surface area contributed by atoms with Crippen LogP contribution in [0.2, 0.25) is 0 Å². The van der Waals surface area contributed by atoms with Gasteiger partial charge in [-0.15, -0.1) is 0 Å². The smallest absolute Gasteiger partial charge is 0.0631 e. The summed E-state index contributed by atoms with van der Waals surface area (Å²) in [7, 11) is 0. The van der Waals surface area contributed by atoms with Gasteiger partial charge in [0.1, 0.15) is 0 Å². The summed E-state index contributed by atoms with van der Waals surface area (Å²) in [6.45, 7) is 17.3. The van der Waals surface area contributed by atoms with Crippen LogP contribution in [0, 0.1) is 5.92 Å². The molecule has 3 aliphatic rings. The zero-order valence-corrected chi connectivity index (χ0v) is 16.5. The molecule has 0 bridgehead atoms. The van der Waals surface area contributed by atoms with E-state index in [4.69, 9.17) is 9.47 Å². The molecule has 4 heteroatoms. The van der Waals surface area contributed by atoms with E-state index >= 15 is 0 Å². The van der Waals surface area contributed by atoms with Crippen molar-refractivity contribution in [2.24, 2.45) is 5.92 Å². The molecule has 0 radical (unpaired) electrons. The lowest BCUT2D eigenvalue weighted by Gasteiger charge is -2.45. The molecule has 2 aliphatic heterocycles. The van der Waals surface area contributed by atoms with Crippen LogP contribution in [-0.2, 0) is 9.47 Å². The molecule has 2 heterocycles. The van der Waals surface area contributed by atoms with Gasteiger partial charge in [0, 0.05) is 38.8 Å². The highest BCUT2D eigenvalue weighted by Crippen LogP contribution is 2.32. The number of hydrogen-bond acceptors (Lipinski definition) is 4. The van der Waals surface area contributed by atoms with E-state index in [2.05, 4.69) is 44.4 Å². The van der Waals surface area contributed by atoms with Crippen molar-refractivity contribution in [1.82, 2.24) is 9.80 Å². The first kappa shape index (κ1) is 18.6. The maximum atomic E-state index is 6.30. The van der Waals surface area contributed by atoms with Gasteiger partial charge in [-0.25, -0.2) is 0 Å². The quantitative estimate of drug-likeness (QED) is 0.743. The van der Waals surface area contributed by atoms with Gasteiger partial charge in [-0.1, -0.05) is 0 Å². The lowest BCUT2D eigenvalue weighted by molar-refractivity contribution is -0.168. The van der Waals surface area contributed by atoms with E-state index in [0.717, 1.165) is 18.8 Å². The molecule has 0 atom stereocenters. The molecule has 0 unspecified atom stereocenters. The van der Waals surface area contributed by atoms with Crippen LogP contribution in [0.15, 0.2) is 0 Å². The van der Waals surface area contributed by atoms with E-state index in [0.29, 0.717) is 24.4 Å². The van der Waals surface area contributed by atoms with Crippen LogP contribution in [0.3, 0.4) is 0 Å². The van der Waals surface area contributed by atoms with Crippen LogP contribution in [0.25, 0.3) is 0 Å². The van der Waals surface area contributed by atoms with Crippen LogP contribution < -0.4 is 0 Å². The Morgan fingerprint density at radius 3 is 2.12 bits per heavy atom. The fourth-order valence-electron chi connectivity index (χ4n) is 4.24. The van der Waals surface area contributed by atoms with Gasteiger partial charge < -0.3 is 19.3 Å². The topological polar surface area (TPSA) is 24.9 Å². The lowest BCUT2D eigenvalue weighted by atomic mass is 9.90. The van der Waals surface area contributed by atoms with Crippen molar-refractivity contribution in [3.63, 3.8) is 0 Å². The SMILES string of the molecule is CC(C)N1CC(CN2CCC(O[C@H]3C[C@H](OC(C)(C)C)C3)CC2)C1. The maximum absolute atomic E-state index is 6.30. The van der Waals surface area contributed by atoms with Crippen molar-refractivity contribution >= 4 is 0 Å². The highest BCUT2D eigenvalue weighted by molar-refractivity contribution is 4.87. The summed E-state index contributed by atoms with van der Waals surface area (Å²) in [4.78, 5) is 5.24. The third-order valence-electron chi connectivity index (χ3n) is 5.72. The molecule has 3 fully saturated rings. The van der Waals surface area contributed by atoms with Crippen LogP contribution in [0.4, 0.5) is 0 Å². The molecule has 0 aromatic rings. The zero-order valence-electron chi connectivity index (χ0n) is 16.5. The van der Waals surface area contributed by atoms with Gasteiger partial charge in [-0.05, 0) is 66.2 Å². The molecule has 140 valence electrons. The molecule has 0 spiro atoms. The standard InChI is InChI=1S/C20H38N2O2/c1-15(2)22-13-16(14-22)12-21-8-6-17(7-9-21)23-18-10-19(11-18)24-20(3,4)5/h15-19H,6-14H2,1-5H3/t18-,19-. The van der Waals surface area contributed by atoms with Gasteiger partial charge in [0.05, 0.1) is 23.9 Å². The number of nitrogens with zero attached hydrogens (tertiary/aromatic N) is 2. The van der Waals surface area contributed by atoms with Gasteiger partial charge in [0.25, 0.3) is 0 Å². The zero-order chi connectivity index (χ0) is 17.3. The van der Waals surface area contributed by atoms with Crippen molar-refractivity contribution in [2.75, 3.05) is 32.7 Å². The van der Waals surface area contributed by atoms with E-state index in [1.54, 1.807) is 0 Å². The van der Waals surface area contributed by atoms with E-state index in [1.807, 2.05) is 0 Å². The summed E-state index contributed by atoms with van der Waals surface area (Å²) in [5.74, 6) is 0.895. The van der Waals surface area contributed by atoms with E-state index in [9.17, 15) is 0 Å². The molecule has 4 nitrogen and oxygen atoms in total. The molecule has 0 amide bonds. The van der Waals surface area contributed by atoms with Crippen molar-refractivity contribution in [2.45, 2.75) is 90.3 Å². The molecule has 1 aliphatic carbocycles. The number of likely N-dealkylation sites (tertiary alicyclic amines) is 2. The van der Waals surface area contributed by atoms with Crippen LogP contribution >= 0.6 is 0 Å². The maximum Gasteiger partial charge on any atom is 0.0631 e. The lowest BCUT2D eigenvalue weighted by Crippen LogP contribution is -2.55. The summed E-state index contributed by atoms with van der Waals surface area (Å²) < 4.78 is 12.3. The number of rotatable bonds is 6. The van der Waals surface area contributed by atoms with E-state index in [1.165, 1.54) is 45.6 Å². The van der Waals surface area contributed by atoms with E-state index in [-0.39, 0.29) is 5.60 Å². The molecular formula is C20H38N2O2. The van der Waals surface area contributed by atoms with Gasteiger partial charge >= 0.3 is 0 Å². The molecule has 1 saturated carbocycles. The fourth-order valence-corrected chi connectivity index (χ4v) is 4.24. The molecule has 2 saturated heterocycles. The average Bonchev–Trinajstić information content (AvgIpc) is 2.39. The highest BCUT2D eigenvalue weighted by Gasteiger charge is 2.36. The van der Waals surface area contributed by atoms with Gasteiger partial charge in [-0.2, -0.15) is 0 Å². The third kappa shape index (κ3) is 5.17. The fraction of sp³-hybridized carbons (Fsp3) is 1.00. The number of ether oxygens (including phenoxy) is 2. The first-order valence-corrected chi connectivity index (χ1v) is 10.1. The molecule has 3 rings (SSSR count). The number of hydrogen-bond donors (Lipinski definition) is 0. The second kappa shape index (κ2) is 7.61. The minimum Gasteiger partial charge on any atom is -0.375 e. The Bertz CT molecular complexity index is 387. The second-order valence-electron chi connectivity index (χ2n) is 9.50. The minimum absolute atomic E-state index is 0.0202. The molecule has 0 N–H and O–H groups in total. The highest BCUT2D eigenvalue weighted by atomic mass is 16.5. The second-order valence-corrected chi connectivity index (χ2v) is 9.50. The first-order chi connectivity index (χ1) is 11.3. The monoisotopic (exact) mass is 338 g/mol. The Morgan fingerprint density at radius 1 is 0.958 bits per heavy atom. The third-order valence-corrected chi connectivity index (χ3v) is 5.72. The number of piperidine rings is 1. The molecule has 24 heavy (non-hydrogen) atoms. The Balaban J connectivity index is 1.26. The van der Waals surface area contributed by atoms with Gasteiger partial charge in [0.15, 0.2) is 0 Å². The van der Waals surface area contributed by atoms with Crippen LogP contribution in [0.1, 0.15) is 60.3 Å². The van der Waals surface area contributed by atoms with Crippen molar-refractivity contribution in [3.05, 3.63) is 0 Å². The minimum atomic E-state index is -0.0202. The van der Waals surface area contributed by atoms with Crippen molar-refractivity contribution in [3.8, 4) is 0 Å². The summed E-state index contributed by atoms with van der Waals surface area (Å²) in [6.07, 6.45) is 5.94. The van der Waals surface area contributed by atoms with Crippen LogP contribution in [0.5, 0.6) is 0 Å². The molecule has 0 aromatic heterocycles. The predicted molar refractivity (Wildman–Crippen MR) is 98.4 cm³/mol. The largest absolute Gasteiger partial charge is 0.375 e. The Kier molecular flexibility index (Phi) is 5.90. The summed E-state index contributed by atoms with van der Waals surface area (Å²) in [6, 6.07) is 0.717.